The summed E-state index contributed by atoms with van der Waals surface area (Å²) in [4.78, 5) is 25.2. The van der Waals surface area contributed by atoms with Gasteiger partial charge in [0.2, 0.25) is 15.8 Å². The number of rotatable bonds is 9. The summed E-state index contributed by atoms with van der Waals surface area (Å²) in [5, 5.41) is 0. The first kappa shape index (κ1) is 27.4. The second-order valence-electron chi connectivity index (χ2n) is 8.73. The molecule has 1 aromatic heterocycles. The van der Waals surface area contributed by atoms with E-state index in [-0.39, 0.29) is 24.3 Å². The number of benzene rings is 2. The predicted octanol–water partition coefficient (Wildman–Crippen LogP) is 4.41. The first-order valence-electron chi connectivity index (χ1n) is 11.7. The molecule has 0 saturated carbocycles. The van der Waals surface area contributed by atoms with E-state index < -0.39 is 51.7 Å². The third-order valence-electron chi connectivity index (χ3n) is 6.30. The monoisotopic (exact) mass is 550 g/mol. The van der Waals surface area contributed by atoms with Crippen molar-refractivity contribution in [2.45, 2.75) is 44.2 Å². The lowest BCUT2D eigenvalue weighted by atomic mass is 10.1. The van der Waals surface area contributed by atoms with E-state index in [1.54, 1.807) is 36.6 Å². The van der Waals surface area contributed by atoms with E-state index in [1.807, 2.05) is 0 Å². The number of carbonyl (C=O) groups is 2. The van der Waals surface area contributed by atoms with Crippen LogP contribution < -0.4 is 4.74 Å². The number of alkyl halides is 2. The number of Topliss-reactive ketones (excluding diaryl/α,β-unsaturated/α-hetero) is 1. The van der Waals surface area contributed by atoms with E-state index in [9.17, 15) is 31.2 Å². The predicted molar refractivity (Wildman–Crippen MR) is 130 cm³/mol. The van der Waals surface area contributed by atoms with Crippen molar-refractivity contribution in [2.75, 3.05) is 13.2 Å². The highest BCUT2D eigenvalue weighted by atomic mass is 32.2. The average Bonchev–Trinajstić information content (AvgIpc) is 3.48. The van der Waals surface area contributed by atoms with E-state index in [4.69, 9.17) is 4.74 Å². The summed E-state index contributed by atoms with van der Waals surface area (Å²) in [5.74, 6) is -2.32. The van der Waals surface area contributed by atoms with Gasteiger partial charge < -0.3 is 14.0 Å². The molecule has 1 aliphatic heterocycles. The summed E-state index contributed by atoms with van der Waals surface area (Å²) < 4.78 is 77.2. The Kier molecular flexibility index (Phi) is 7.93. The van der Waals surface area contributed by atoms with Gasteiger partial charge in [-0.2, -0.15) is 13.1 Å². The lowest BCUT2D eigenvalue weighted by Gasteiger charge is -2.22. The molecule has 0 amide bonds. The Balaban J connectivity index is 1.46. The van der Waals surface area contributed by atoms with Gasteiger partial charge >= 0.3 is 12.6 Å². The largest absolute Gasteiger partial charge is 0.456 e. The minimum Gasteiger partial charge on any atom is -0.456 e. The Morgan fingerprint density at radius 2 is 1.76 bits per heavy atom. The normalized spacial score (nSPS) is 16.1. The van der Waals surface area contributed by atoms with Crippen molar-refractivity contribution in [3.63, 3.8) is 0 Å². The Morgan fingerprint density at radius 1 is 1.08 bits per heavy atom. The van der Waals surface area contributed by atoms with Gasteiger partial charge in [0, 0.05) is 29.2 Å². The van der Waals surface area contributed by atoms with Gasteiger partial charge in [-0.05, 0) is 69.2 Å². The average molecular weight is 551 g/mol. The standard InChI is InChI=1S/C26H25F3N2O6S/c1-16-14-20(17(2)31(16)18-9-11-19(12-10-18)37-26(28)29)23(32)15-36-25(33)22-7-5-13-30(22)38(34,35)24-8-4-3-6-21(24)27/h3-4,6,8-12,14,22,26H,5,7,13,15H2,1-2H3. The molecule has 2 heterocycles. The fourth-order valence-corrected chi connectivity index (χ4v) is 6.29. The molecule has 3 aromatic rings. The van der Waals surface area contributed by atoms with Gasteiger partial charge in [0.15, 0.2) is 6.61 Å². The van der Waals surface area contributed by atoms with Gasteiger partial charge in [-0.1, -0.05) is 12.1 Å². The number of carbonyl (C=O) groups excluding carboxylic acids is 2. The third kappa shape index (κ3) is 5.46. The number of hydrogen-bond donors (Lipinski definition) is 0. The van der Waals surface area contributed by atoms with Crippen LogP contribution in [0.15, 0.2) is 59.5 Å². The second-order valence-corrected chi connectivity index (χ2v) is 10.6. The van der Waals surface area contributed by atoms with Crippen LogP contribution in [0.25, 0.3) is 5.69 Å². The summed E-state index contributed by atoms with van der Waals surface area (Å²) in [5.41, 5.74) is 2.11. The van der Waals surface area contributed by atoms with Gasteiger partial charge in [0.25, 0.3) is 0 Å². The highest BCUT2D eigenvalue weighted by Crippen LogP contribution is 2.29. The number of ether oxygens (including phenoxy) is 2. The van der Waals surface area contributed by atoms with Crippen LogP contribution in [-0.4, -0.2) is 54.8 Å². The molecular weight excluding hydrogens is 525 g/mol. The lowest BCUT2D eigenvalue weighted by molar-refractivity contribution is -0.146. The van der Waals surface area contributed by atoms with Gasteiger partial charge in [-0.3, -0.25) is 9.59 Å². The van der Waals surface area contributed by atoms with Crippen LogP contribution in [0.1, 0.15) is 34.6 Å². The Morgan fingerprint density at radius 3 is 2.42 bits per heavy atom. The first-order valence-corrected chi connectivity index (χ1v) is 13.1. The third-order valence-corrected chi connectivity index (χ3v) is 8.24. The van der Waals surface area contributed by atoms with E-state index in [1.165, 1.54) is 24.3 Å². The molecule has 1 unspecified atom stereocenters. The maximum Gasteiger partial charge on any atom is 0.387 e. The molecule has 0 aliphatic carbocycles. The zero-order valence-electron chi connectivity index (χ0n) is 20.6. The van der Waals surface area contributed by atoms with Crippen molar-refractivity contribution in [1.82, 2.24) is 8.87 Å². The molecule has 0 spiro atoms. The number of halogens is 3. The molecule has 1 saturated heterocycles. The Bertz CT molecular complexity index is 1450. The van der Waals surface area contributed by atoms with Crippen molar-refractivity contribution in [3.05, 3.63) is 77.4 Å². The Labute approximate surface area is 217 Å². The minimum atomic E-state index is -4.29. The summed E-state index contributed by atoms with van der Waals surface area (Å²) in [6.07, 6.45) is 0.560. The highest BCUT2D eigenvalue weighted by Gasteiger charge is 2.41. The molecule has 1 atom stereocenters. The molecule has 1 fully saturated rings. The molecule has 4 rings (SSSR count). The van der Waals surface area contributed by atoms with Crippen LogP contribution >= 0.6 is 0 Å². The van der Waals surface area contributed by atoms with E-state index in [0.29, 0.717) is 23.5 Å². The molecule has 12 heteroatoms. The number of esters is 1. The Hall–Kier alpha value is -3.64. The zero-order valence-corrected chi connectivity index (χ0v) is 21.4. The topological polar surface area (TPSA) is 94.9 Å². The number of nitrogens with zero attached hydrogens (tertiary/aromatic N) is 2. The fourth-order valence-electron chi connectivity index (χ4n) is 4.57. The molecule has 0 N–H and O–H groups in total. The lowest BCUT2D eigenvalue weighted by Crippen LogP contribution is -2.42. The van der Waals surface area contributed by atoms with Crippen molar-refractivity contribution < 1.29 is 40.7 Å². The summed E-state index contributed by atoms with van der Waals surface area (Å²) >= 11 is 0. The van der Waals surface area contributed by atoms with E-state index >= 15 is 0 Å². The highest BCUT2D eigenvalue weighted by molar-refractivity contribution is 7.89. The van der Waals surface area contributed by atoms with Crippen molar-refractivity contribution in [3.8, 4) is 11.4 Å². The zero-order chi connectivity index (χ0) is 27.6. The molecule has 202 valence electrons. The molecule has 8 nitrogen and oxygen atoms in total. The number of ketones is 1. The molecular formula is C26H25F3N2O6S. The maximum atomic E-state index is 14.2. The van der Waals surface area contributed by atoms with Crippen LogP contribution in [0, 0.1) is 19.7 Å². The van der Waals surface area contributed by atoms with Crippen molar-refractivity contribution >= 4 is 21.8 Å². The van der Waals surface area contributed by atoms with Crippen LogP contribution in [0.4, 0.5) is 13.2 Å². The quantitative estimate of drug-likeness (QED) is 0.289. The van der Waals surface area contributed by atoms with E-state index in [0.717, 1.165) is 16.4 Å². The summed E-state index contributed by atoms with van der Waals surface area (Å²) in [7, 11) is -4.29. The number of hydrogen-bond acceptors (Lipinski definition) is 6. The van der Waals surface area contributed by atoms with Crippen molar-refractivity contribution in [1.29, 1.82) is 0 Å². The second kappa shape index (κ2) is 11.0. The maximum absolute atomic E-state index is 14.2. The van der Waals surface area contributed by atoms with Crippen molar-refractivity contribution in [2.24, 2.45) is 0 Å². The summed E-state index contributed by atoms with van der Waals surface area (Å²) in [6.45, 7) is -0.103. The minimum absolute atomic E-state index is 0.00704. The molecule has 2 aromatic carbocycles. The fraction of sp³-hybridized carbons (Fsp3) is 0.308. The smallest absolute Gasteiger partial charge is 0.387 e. The molecule has 0 radical (unpaired) electrons. The van der Waals surface area contributed by atoms with E-state index in [2.05, 4.69) is 4.74 Å². The molecule has 0 bridgehead atoms. The number of sulfonamides is 1. The molecule has 38 heavy (non-hydrogen) atoms. The van der Waals surface area contributed by atoms with Gasteiger partial charge in [-0.25, -0.2) is 12.8 Å². The van der Waals surface area contributed by atoms with Gasteiger partial charge in [0.05, 0.1) is 0 Å². The SMILES string of the molecule is Cc1cc(C(=O)COC(=O)C2CCCN2S(=O)(=O)c2ccccc2F)c(C)n1-c1ccc(OC(F)F)cc1. The first-order chi connectivity index (χ1) is 18.0. The van der Waals surface area contributed by atoms with Gasteiger partial charge in [-0.15, -0.1) is 0 Å². The van der Waals surface area contributed by atoms with Crippen LogP contribution in [-0.2, 0) is 19.6 Å². The number of aromatic nitrogens is 1. The molecule has 1 aliphatic rings. The van der Waals surface area contributed by atoms with Crippen LogP contribution in [0.3, 0.4) is 0 Å². The number of aryl methyl sites for hydroxylation is 1. The van der Waals surface area contributed by atoms with Crippen LogP contribution in [0.5, 0.6) is 5.75 Å². The van der Waals surface area contributed by atoms with Crippen LogP contribution in [0.2, 0.25) is 0 Å². The summed E-state index contributed by atoms with van der Waals surface area (Å²) in [6, 6.07) is 11.2. The van der Waals surface area contributed by atoms with Gasteiger partial charge in [0.1, 0.15) is 22.5 Å².